The Labute approximate surface area is 131 Å². The maximum absolute atomic E-state index is 12.3. The number of carbonyl (C=O) groups excluding carboxylic acids is 1. The van der Waals surface area contributed by atoms with Crippen molar-refractivity contribution in [3.05, 3.63) is 32.3 Å². The third-order valence-corrected chi connectivity index (χ3v) is 4.27. The van der Waals surface area contributed by atoms with E-state index in [1.807, 2.05) is 0 Å². The number of nitro benzene ring substituents is 1. The minimum Gasteiger partial charge on any atom is -0.325 e. The summed E-state index contributed by atoms with van der Waals surface area (Å²) in [5.41, 5.74) is 0.991. The molecule has 1 N–H and O–H groups in total. The number of nitrogens with zero attached hydrogens (tertiary/aromatic N) is 2. The molecule has 0 saturated carbocycles. The molecule has 1 aromatic rings. The van der Waals surface area contributed by atoms with E-state index >= 15 is 0 Å². The van der Waals surface area contributed by atoms with Crippen LogP contribution in [0, 0.1) is 17.0 Å². The Morgan fingerprint density at radius 1 is 1.29 bits per heavy atom. The Balaban J connectivity index is 2.16. The standard InChI is InChI=1S/C14H18BrN3O3/c1-10-8-11(15)12(9-13(10)18(20)21)16-14(19)17-6-4-2-3-5-7-17/h8-9H,2-7H2,1H3,(H,16,19). The molecule has 114 valence electrons. The van der Waals surface area contributed by atoms with Gasteiger partial charge >= 0.3 is 6.03 Å². The summed E-state index contributed by atoms with van der Waals surface area (Å²) in [6.45, 7) is 3.14. The molecule has 1 aliphatic rings. The summed E-state index contributed by atoms with van der Waals surface area (Å²) in [4.78, 5) is 24.6. The van der Waals surface area contributed by atoms with Crippen LogP contribution in [-0.4, -0.2) is 28.9 Å². The second kappa shape index (κ2) is 6.89. The molecule has 1 saturated heterocycles. The van der Waals surface area contributed by atoms with E-state index in [1.165, 1.54) is 6.07 Å². The first-order valence-electron chi connectivity index (χ1n) is 6.99. The van der Waals surface area contributed by atoms with Gasteiger partial charge in [0.15, 0.2) is 0 Å². The number of rotatable bonds is 2. The van der Waals surface area contributed by atoms with E-state index in [4.69, 9.17) is 0 Å². The van der Waals surface area contributed by atoms with Gasteiger partial charge in [0.1, 0.15) is 0 Å². The van der Waals surface area contributed by atoms with Crippen molar-refractivity contribution >= 4 is 33.3 Å². The van der Waals surface area contributed by atoms with Crippen molar-refractivity contribution in [1.82, 2.24) is 4.90 Å². The molecule has 7 heteroatoms. The number of nitro groups is 1. The van der Waals surface area contributed by atoms with Crippen LogP contribution >= 0.6 is 15.9 Å². The van der Waals surface area contributed by atoms with Gasteiger partial charge in [-0.1, -0.05) is 12.8 Å². The fourth-order valence-electron chi connectivity index (χ4n) is 2.42. The molecule has 0 spiro atoms. The van der Waals surface area contributed by atoms with Crippen molar-refractivity contribution < 1.29 is 9.72 Å². The number of urea groups is 1. The molecule has 0 bridgehead atoms. The molecular weight excluding hydrogens is 338 g/mol. The van der Waals surface area contributed by atoms with Crippen molar-refractivity contribution in [3.63, 3.8) is 0 Å². The number of nitrogens with one attached hydrogen (secondary N) is 1. The zero-order chi connectivity index (χ0) is 15.4. The Hall–Kier alpha value is -1.63. The molecule has 1 fully saturated rings. The molecule has 0 unspecified atom stereocenters. The molecule has 6 nitrogen and oxygen atoms in total. The summed E-state index contributed by atoms with van der Waals surface area (Å²) in [7, 11) is 0. The number of anilines is 1. The summed E-state index contributed by atoms with van der Waals surface area (Å²) in [6, 6.07) is 2.85. The number of carbonyl (C=O) groups is 1. The van der Waals surface area contributed by atoms with E-state index in [1.54, 1.807) is 17.9 Å². The number of aryl methyl sites for hydroxylation is 1. The molecule has 0 aliphatic carbocycles. The third kappa shape index (κ3) is 3.93. The predicted molar refractivity (Wildman–Crippen MR) is 84.6 cm³/mol. The van der Waals surface area contributed by atoms with Crippen LogP contribution in [0.1, 0.15) is 31.2 Å². The van der Waals surface area contributed by atoms with Crippen LogP contribution in [0.25, 0.3) is 0 Å². The number of likely N-dealkylation sites (tertiary alicyclic amines) is 1. The monoisotopic (exact) mass is 355 g/mol. The SMILES string of the molecule is Cc1cc(Br)c(NC(=O)N2CCCCCC2)cc1[N+](=O)[O-]. The van der Waals surface area contributed by atoms with E-state index in [-0.39, 0.29) is 11.7 Å². The first-order valence-corrected chi connectivity index (χ1v) is 7.79. The van der Waals surface area contributed by atoms with Crippen molar-refractivity contribution in [3.8, 4) is 0 Å². The fourth-order valence-corrected chi connectivity index (χ4v) is 2.98. The lowest BCUT2D eigenvalue weighted by Crippen LogP contribution is -2.35. The van der Waals surface area contributed by atoms with Gasteiger partial charge in [0, 0.05) is 29.2 Å². The lowest BCUT2D eigenvalue weighted by Gasteiger charge is -2.21. The van der Waals surface area contributed by atoms with Gasteiger partial charge in [0.2, 0.25) is 0 Å². The number of halogens is 1. The summed E-state index contributed by atoms with van der Waals surface area (Å²) in [6.07, 6.45) is 4.29. The van der Waals surface area contributed by atoms with Crippen LogP contribution < -0.4 is 5.32 Å². The summed E-state index contributed by atoms with van der Waals surface area (Å²) in [5.74, 6) is 0. The topological polar surface area (TPSA) is 75.5 Å². The first kappa shape index (κ1) is 15.8. The van der Waals surface area contributed by atoms with Gasteiger partial charge in [-0.25, -0.2) is 4.79 Å². The largest absolute Gasteiger partial charge is 0.325 e. The zero-order valence-electron chi connectivity index (χ0n) is 11.9. The second-order valence-electron chi connectivity index (χ2n) is 5.21. The Bertz CT molecular complexity index is 555. The highest BCUT2D eigenvalue weighted by Gasteiger charge is 2.19. The van der Waals surface area contributed by atoms with E-state index < -0.39 is 4.92 Å². The normalized spacial score (nSPS) is 15.4. The molecule has 2 rings (SSSR count). The predicted octanol–water partition coefficient (Wildman–Crippen LogP) is 4.07. The van der Waals surface area contributed by atoms with Crippen molar-refractivity contribution in [2.24, 2.45) is 0 Å². The summed E-state index contributed by atoms with van der Waals surface area (Å²) in [5, 5.41) is 13.8. The molecule has 1 heterocycles. The van der Waals surface area contributed by atoms with Crippen LogP contribution in [0.15, 0.2) is 16.6 Å². The minimum absolute atomic E-state index is 0.00404. The maximum atomic E-state index is 12.3. The van der Waals surface area contributed by atoms with Gasteiger partial charge in [-0.2, -0.15) is 0 Å². The highest BCUT2D eigenvalue weighted by molar-refractivity contribution is 9.10. The fraction of sp³-hybridized carbons (Fsp3) is 0.500. The lowest BCUT2D eigenvalue weighted by molar-refractivity contribution is -0.385. The average molecular weight is 356 g/mol. The van der Waals surface area contributed by atoms with Gasteiger partial charge in [0.25, 0.3) is 5.69 Å². The second-order valence-corrected chi connectivity index (χ2v) is 6.06. The van der Waals surface area contributed by atoms with Crippen LogP contribution in [0.2, 0.25) is 0 Å². The molecule has 1 aliphatic heterocycles. The first-order chi connectivity index (χ1) is 9.99. The zero-order valence-corrected chi connectivity index (χ0v) is 13.5. The summed E-state index contributed by atoms with van der Waals surface area (Å²) < 4.78 is 0.647. The molecule has 1 aromatic carbocycles. The summed E-state index contributed by atoms with van der Waals surface area (Å²) >= 11 is 3.34. The van der Waals surface area contributed by atoms with Gasteiger partial charge in [-0.15, -0.1) is 0 Å². The molecule has 0 atom stereocenters. The Morgan fingerprint density at radius 2 is 1.90 bits per heavy atom. The molecule has 0 aromatic heterocycles. The quantitative estimate of drug-likeness (QED) is 0.641. The Morgan fingerprint density at radius 3 is 2.48 bits per heavy atom. The van der Waals surface area contributed by atoms with Gasteiger partial charge < -0.3 is 10.2 Å². The van der Waals surface area contributed by atoms with Gasteiger partial charge in [-0.05, 0) is 41.8 Å². The lowest BCUT2D eigenvalue weighted by atomic mass is 10.2. The van der Waals surface area contributed by atoms with Crippen LogP contribution in [-0.2, 0) is 0 Å². The van der Waals surface area contributed by atoms with E-state index in [2.05, 4.69) is 21.2 Å². The van der Waals surface area contributed by atoms with E-state index in [9.17, 15) is 14.9 Å². The highest BCUT2D eigenvalue weighted by atomic mass is 79.9. The van der Waals surface area contributed by atoms with Gasteiger partial charge in [-0.3, -0.25) is 10.1 Å². The molecule has 2 amide bonds. The third-order valence-electron chi connectivity index (χ3n) is 3.62. The van der Waals surface area contributed by atoms with E-state index in [0.29, 0.717) is 15.7 Å². The van der Waals surface area contributed by atoms with Crippen molar-refractivity contribution in [1.29, 1.82) is 0 Å². The van der Waals surface area contributed by atoms with Crippen LogP contribution in [0.4, 0.5) is 16.2 Å². The van der Waals surface area contributed by atoms with Crippen LogP contribution in [0.5, 0.6) is 0 Å². The average Bonchev–Trinajstić information content (AvgIpc) is 2.70. The maximum Gasteiger partial charge on any atom is 0.321 e. The highest BCUT2D eigenvalue weighted by Crippen LogP contribution is 2.31. The van der Waals surface area contributed by atoms with Crippen LogP contribution in [0.3, 0.4) is 0 Å². The number of amides is 2. The molecular formula is C14H18BrN3O3. The Kier molecular flexibility index (Phi) is 5.17. The van der Waals surface area contributed by atoms with Crippen molar-refractivity contribution in [2.45, 2.75) is 32.6 Å². The smallest absolute Gasteiger partial charge is 0.321 e. The molecule has 0 radical (unpaired) electrons. The van der Waals surface area contributed by atoms with Gasteiger partial charge in [0.05, 0.1) is 10.6 Å². The van der Waals surface area contributed by atoms with Crippen molar-refractivity contribution in [2.75, 3.05) is 18.4 Å². The number of benzene rings is 1. The number of hydrogen-bond donors (Lipinski definition) is 1. The number of hydrogen-bond acceptors (Lipinski definition) is 3. The minimum atomic E-state index is -0.441. The van der Waals surface area contributed by atoms with E-state index in [0.717, 1.165) is 38.8 Å². The molecule has 21 heavy (non-hydrogen) atoms.